The number of aryl methyl sites for hydroxylation is 1. The second-order valence-electron chi connectivity index (χ2n) is 10.5. The van der Waals surface area contributed by atoms with E-state index in [1.807, 2.05) is 63.4 Å². The van der Waals surface area contributed by atoms with Crippen LogP contribution in [0, 0.1) is 18.8 Å². The molecule has 254 valence electrons. The fourth-order valence-electron chi connectivity index (χ4n) is 4.25. The van der Waals surface area contributed by atoms with Gasteiger partial charge in [-0.05, 0) is 67.5 Å². The van der Waals surface area contributed by atoms with Gasteiger partial charge in [-0.25, -0.2) is 0 Å². The van der Waals surface area contributed by atoms with Gasteiger partial charge in [-0.15, -0.1) is 0 Å². The molecule has 2 aromatic carbocycles. The molecule has 2 atom stereocenters. The molecule has 0 saturated heterocycles. The zero-order valence-electron chi connectivity index (χ0n) is 29.8. The molecule has 2 N–H and O–H groups in total. The summed E-state index contributed by atoms with van der Waals surface area (Å²) in [7, 11) is 0. The normalized spacial score (nSPS) is 10.8. The minimum atomic E-state index is 0.146. The number of nitrogens with zero attached hydrogens (tertiary/aromatic N) is 1. The van der Waals surface area contributed by atoms with E-state index in [-0.39, 0.29) is 11.7 Å². The summed E-state index contributed by atoms with van der Waals surface area (Å²) < 4.78 is 3.03. The Bertz CT molecular complexity index is 1140. The highest BCUT2D eigenvalue weighted by Gasteiger charge is 2.05. The monoisotopic (exact) mass is 686 g/mol. The van der Waals surface area contributed by atoms with Crippen LogP contribution in [0.3, 0.4) is 0 Å². The van der Waals surface area contributed by atoms with E-state index in [1.165, 1.54) is 48.3 Å². The Balaban J connectivity index is -0.000000518. The molecule has 45 heavy (non-hydrogen) atoms. The van der Waals surface area contributed by atoms with Crippen LogP contribution in [0.2, 0.25) is 0 Å². The summed E-state index contributed by atoms with van der Waals surface area (Å²) in [6.07, 6.45) is 12.8. The highest BCUT2D eigenvalue weighted by molar-refractivity contribution is 9.10. The van der Waals surface area contributed by atoms with Crippen molar-refractivity contribution in [2.24, 2.45) is 17.6 Å². The highest BCUT2D eigenvalue weighted by atomic mass is 79.9. The maximum atomic E-state index is 10.6. The van der Waals surface area contributed by atoms with E-state index in [0.717, 1.165) is 41.5 Å². The van der Waals surface area contributed by atoms with Crippen LogP contribution in [0.1, 0.15) is 105 Å². The lowest BCUT2D eigenvalue weighted by molar-refractivity contribution is -0.117. The maximum absolute atomic E-state index is 10.6. The third-order valence-corrected chi connectivity index (χ3v) is 7.82. The summed E-state index contributed by atoms with van der Waals surface area (Å²) in [6.45, 7) is 24.7. The number of benzene rings is 2. The van der Waals surface area contributed by atoms with Gasteiger partial charge in [0.25, 0.3) is 0 Å². The van der Waals surface area contributed by atoms with E-state index >= 15 is 0 Å². The van der Waals surface area contributed by atoms with Gasteiger partial charge in [-0.1, -0.05) is 134 Å². The van der Waals surface area contributed by atoms with Crippen molar-refractivity contribution in [1.29, 1.82) is 0 Å². The van der Waals surface area contributed by atoms with Crippen molar-refractivity contribution in [2.45, 2.75) is 120 Å². The lowest BCUT2D eigenvalue weighted by Gasteiger charge is -2.08. The van der Waals surface area contributed by atoms with Crippen LogP contribution in [0.5, 0.6) is 0 Å². The van der Waals surface area contributed by atoms with Crippen LogP contribution < -0.4 is 5.73 Å². The largest absolute Gasteiger partial charge is 0.340 e. The van der Waals surface area contributed by atoms with Crippen molar-refractivity contribution in [2.75, 3.05) is 0 Å². The first kappa shape index (κ1) is 46.6. The Kier molecular flexibility index (Phi) is 32.3. The minimum absolute atomic E-state index is 0.146. The molecule has 0 fully saturated rings. The number of ketones is 1. The Morgan fingerprint density at radius 3 is 1.93 bits per heavy atom. The third kappa shape index (κ3) is 21.5. The molecule has 1 heterocycles. The number of hydrogen-bond donors (Lipinski definition) is 1. The molecule has 0 radical (unpaired) electrons. The van der Waals surface area contributed by atoms with Gasteiger partial charge in [-0.2, -0.15) is 0 Å². The van der Waals surface area contributed by atoms with Crippen LogP contribution in [0.15, 0.2) is 71.9 Å². The molecule has 0 aliphatic rings. The number of fused-ring (bicyclic) bond motifs is 1. The van der Waals surface area contributed by atoms with Crippen LogP contribution in [0.25, 0.3) is 10.9 Å². The summed E-state index contributed by atoms with van der Waals surface area (Å²) >= 11 is 3.44. The van der Waals surface area contributed by atoms with Crippen molar-refractivity contribution in [3.05, 3.63) is 83.0 Å². The number of carbonyl (C=O) groups excluding carboxylic acids is 3. The first-order chi connectivity index (χ1) is 21.6. The lowest BCUT2D eigenvalue weighted by Crippen LogP contribution is -2.21. The standard InChI is InChI=1S/C11H10BrNO.C10H15N.C8H18.C7H12O.C2H6.CH2O/c1-8-7-13(4-5-14)11-3-2-9(12)6-10(8)11;1-2-10(11)8-9-6-4-3-5-7-9;1-4-7-8(5-2)6-3;1-4-6(3)7(8)5-2;2*1-2/h2-3,5-7H,4H2,1H3;3-7,10H,2,8,11H2,1H3;8H,4-7H2,1-3H3;5-6H,2,4H2,1,3H3;1-2H3;1H2. The van der Waals surface area contributed by atoms with Gasteiger partial charge in [0.05, 0.1) is 6.54 Å². The molecule has 5 nitrogen and oxygen atoms in total. The van der Waals surface area contributed by atoms with E-state index in [2.05, 4.69) is 87.5 Å². The SMILES string of the molecule is C=CC(=O)C(C)CC.C=O.CC.CCC(N)Cc1ccccc1.CCCC(CC)CC.Cc1cn(CC=O)c2ccc(Br)cc12. The highest BCUT2D eigenvalue weighted by Crippen LogP contribution is 2.24. The van der Waals surface area contributed by atoms with Crippen LogP contribution in [0.4, 0.5) is 0 Å². The Hall–Kier alpha value is -2.83. The van der Waals surface area contributed by atoms with Gasteiger partial charge in [0.1, 0.15) is 13.1 Å². The number of rotatable bonds is 12. The third-order valence-electron chi connectivity index (χ3n) is 7.33. The molecule has 0 spiro atoms. The molecular weight excluding hydrogens is 624 g/mol. The van der Waals surface area contributed by atoms with E-state index in [9.17, 15) is 9.59 Å². The van der Waals surface area contributed by atoms with Crippen LogP contribution >= 0.6 is 15.9 Å². The molecular formula is C39H63BrN2O3. The number of halogens is 1. The smallest absolute Gasteiger partial charge is 0.157 e. The lowest BCUT2D eigenvalue weighted by atomic mass is 9.98. The molecule has 0 amide bonds. The average Bonchev–Trinajstić information content (AvgIpc) is 3.39. The Labute approximate surface area is 284 Å². The fraction of sp³-hybridized carbons (Fsp3) is 0.513. The van der Waals surface area contributed by atoms with Gasteiger partial charge in [0, 0.05) is 33.5 Å². The summed E-state index contributed by atoms with van der Waals surface area (Å²) in [4.78, 5) is 29.1. The van der Waals surface area contributed by atoms with Crippen molar-refractivity contribution < 1.29 is 14.4 Å². The first-order valence-corrected chi connectivity index (χ1v) is 17.3. The molecule has 2 unspecified atom stereocenters. The van der Waals surface area contributed by atoms with Gasteiger partial charge < -0.3 is 19.9 Å². The molecule has 3 aromatic rings. The van der Waals surface area contributed by atoms with Crippen molar-refractivity contribution >= 4 is 45.7 Å². The summed E-state index contributed by atoms with van der Waals surface area (Å²) in [5.41, 5.74) is 9.45. The summed E-state index contributed by atoms with van der Waals surface area (Å²) in [5, 5.41) is 1.20. The Morgan fingerprint density at radius 1 is 0.956 bits per heavy atom. The average molecular weight is 688 g/mol. The zero-order chi connectivity index (χ0) is 35.2. The van der Waals surface area contributed by atoms with E-state index < -0.39 is 0 Å². The Morgan fingerprint density at radius 2 is 1.53 bits per heavy atom. The molecule has 3 rings (SSSR count). The molecule has 6 heteroatoms. The van der Waals surface area contributed by atoms with Gasteiger partial charge in [0.15, 0.2) is 5.78 Å². The number of aromatic nitrogens is 1. The van der Waals surface area contributed by atoms with Crippen LogP contribution in [-0.4, -0.2) is 29.5 Å². The quantitative estimate of drug-likeness (QED) is 0.152. The number of nitrogens with two attached hydrogens (primary N) is 1. The van der Waals surface area contributed by atoms with Gasteiger partial charge >= 0.3 is 0 Å². The molecule has 0 saturated carbocycles. The second kappa shape index (κ2) is 31.2. The number of hydrogen-bond acceptors (Lipinski definition) is 4. The second-order valence-corrected chi connectivity index (χ2v) is 11.5. The summed E-state index contributed by atoms with van der Waals surface area (Å²) in [6, 6.07) is 16.8. The van der Waals surface area contributed by atoms with Gasteiger partial charge in [-0.3, -0.25) is 4.79 Å². The van der Waals surface area contributed by atoms with Gasteiger partial charge in [0.2, 0.25) is 0 Å². The predicted octanol–water partition coefficient (Wildman–Crippen LogP) is 10.7. The first-order valence-electron chi connectivity index (χ1n) is 16.5. The fourth-order valence-corrected chi connectivity index (χ4v) is 4.61. The van der Waals surface area contributed by atoms with E-state index in [4.69, 9.17) is 10.5 Å². The van der Waals surface area contributed by atoms with Crippen LogP contribution in [-0.2, 0) is 27.3 Å². The number of aldehydes is 1. The van der Waals surface area contributed by atoms with E-state index in [0.29, 0.717) is 12.6 Å². The number of carbonyl (C=O) groups is 3. The van der Waals surface area contributed by atoms with Crippen molar-refractivity contribution in [1.82, 2.24) is 4.57 Å². The molecule has 0 aliphatic heterocycles. The molecule has 0 bridgehead atoms. The zero-order valence-corrected chi connectivity index (χ0v) is 31.4. The van der Waals surface area contributed by atoms with Crippen molar-refractivity contribution in [3.63, 3.8) is 0 Å². The minimum Gasteiger partial charge on any atom is -0.340 e. The maximum Gasteiger partial charge on any atom is 0.157 e. The van der Waals surface area contributed by atoms with Crippen molar-refractivity contribution in [3.8, 4) is 0 Å². The molecule has 1 aromatic heterocycles. The topological polar surface area (TPSA) is 82.2 Å². The van der Waals surface area contributed by atoms with E-state index in [1.54, 1.807) is 0 Å². The predicted molar refractivity (Wildman–Crippen MR) is 201 cm³/mol. The molecule has 0 aliphatic carbocycles. The summed E-state index contributed by atoms with van der Waals surface area (Å²) in [5.74, 6) is 1.31. The number of allylic oxidation sites excluding steroid dienone is 1.